The normalized spacial score (nSPS) is 24.6. The Hall–Kier alpha value is -1.10. The number of rotatable bonds is 5. The molecule has 4 heteroatoms. The Morgan fingerprint density at radius 3 is 2.81 bits per heavy atom. The van der Waals surface area contributed by atoms with E-state index in [0.717, 1.165) is 51.6 Å². The van der Waals surface area contributed by atoms with E-state index in [9.17, 15) is 0 Å². The zero-order chi connectivity index (χ0) is 14.7. The van der Waals surface area contributed by atoms with Crippen molar-refractivity contribution in [3.63, 3.8) is 0 Å². The number of nitrogens with zero attached hydrogens (tertiary/aromatic N) is 1. The molecule has 1 fully saturated rings. The molecule has 2 aliphatic heterocycles. The molecule has 2 heterocycles. The highest BCUT2D eigenvalue weighted by Gasteiger charge is 2.40. The zero-order valence-corrected chi connectivity index (χ0v) is 13.1. The van der Waals surface area contributed by atoms with Gasteiger partial charge >= 0.3 is 0 Å². The first kappa shape index (κ1) is 14.8. The van der Waals surface area contributed by atoms with Gasteiger partial charge in [0.15, 0.2) is 0 Å². The van der Waals surface area contributed by atoms with Crippen LogP contribution in [0.4, 0.5) is 0 Å². The first-order valence-corrected chi connectivity index (χ1v) is 7.98. The molecule has 0 radical (unpaired) electrons. The smallest absolute Gasteiger partial charge is 0.125 e. The maximum atomic E-state index is 6.06. The van der Waals surface area contributed by atoms with E-state index in [1.807, 2.05) is 6.07 Å². The van der Waals surface area contributed by atoms with Gasteiger partial charge in [0.25, 0.3) is 0 Å². The van der Waals surface area contributed by atoms with E-state index in [1.165, 1.54) is 5.56 Å². The van der Waals surface area contributed by atoms with Crippen molar-refractivity contribution in [2.24, 2.45) is 0 Å². The lowest BCUT2D eigenvalue weighted by Gasteiger charge is -2.29. The van der Waals surface area contributed by atoms with Gasteiger partial charge in [-0.2, -0.15) is 0 Å². The second kappa shape index (κ2) is 6.34. The summed E-state index contributed by atoms with van der Waals surface area (Å²) in [7, 11) is 0. The molecule has 116 valence electrons. The van der Waals surface area contributed by atoms with Crippen molar-refractivity contribution >= 4 is 0 Å². The van der Waals surface area contributed by atoms with Gasteiger partial charge in [-0.25, -0.2) is 0 Å². The van der Waals surface area contributed by atoms with Crippen molar-refractivity contribution in [1.82, 2.24) is 10.2 Å². The highest BCUT2D eigenvalue weighted by atomic mass is 16.5. The van der Waals surface area contributed by atoms with Crippen LogP contribution in [0.5, 0.6) is 5.75 Å². The minimum atomic E-state index is -0.178. The van der Waals surface area contributed by atoms with Crippen LogP contribution in [0.25, 0.3) is 0 Å². The molecule has 0 aromatic heterocycles. The number of hydrogen-bond donors (Lipinski definition) is 1. The molecule has 4 nitrogen and oxygen atoms in total. The fourth-order valence-electron chi connectivity index (χ4n) is 3.26. The van der Waals surface area contributed by atoms with Crippen LogP contribution in [-0.4, -0.2) is 49.9 Å². The maximum absolute atomic E-state index is 6.06. The lowest BCUT2D eigenvalue weighted by molar-refractivity contribution is 0.0369. The van der Waals surface area contributed by atoms with Crippen molar-refractivity contribution in [3.8, 4) is 5.75 Å². The largest absolute Gasteiger partial charge is 0.486 e. The quantitative estimate of drug-likeness (QED) is 0.843. The summed E-state index contributed by atoms with van der Waals surface area (Å²) in [6, 6.07) is 8.64. The maximum Gasteiger partial charge on any atom is 0.125 e. The third kappa shape index (κ3) is 3.39. The molecule has 3 rings (SSSR count). The number of morpholine rings is 1. The first-order chi connectivity index (χ1) is 10.2. The van der Waals surface area contributed by atoms with Crippen LogP contribution in [-0.2, 0) is 4.74 Å². The topological polar surface area (TPSA) is 33.7 Å². The summed E-state index contributed by atoms with van der Waals surface area (Å²) in [5.74, 6) is 1.02. The summed E-state index contributed by atoms with van der Waals surface area (Å²) in [6.07, 6.45) is 1.16. The molecule has 0 spiro atoms. The van der Waals surface area contributed by atoms with Gasteiger partial charge in [-0.3, -0.25) is 4.90 Å². The fraction of sp³-hybridized carbons (Fsp3) is 0.647. The number of nitrogens with one attached hydrogen (secondary N) is 1. The van der Waals surface area contributed by atoms with Crippen molar-refractivity contribution < 1.29 is 9.47 Å². The molecule has 1 aromatic rings. The van der Waals surface area contributed by atoms with E-state index in [0.29, 0.717) is 0 Å². The van der Waals surface area contributed by atoms with Gasteiger partial charge in [-0.15, -0.1) is 0 Å². The van der Waals surface area contributed by atoms with Gasteiger partial charge in [-0.1, -0.05) is 18.2 Å². The number of para-hydroxylation sites is 1. The van der Waals surface area contributed by atoms with Crippen molar-refractivity contribution in [2.45, 2.75) is 31.9 Å². The van der Waals surface area contributed by atoms with E-state index in [2.05, 4.69) is 42.3 Å². The Labute approximate surface area is 127 Å². The highest BCUT2D eigenvalue weighted by Crippen LogP contribution is 2.42. The van der Waals surface area contributed by atoms with Crippen molar-refractivity contribution in [2.75, 3.05) is 39.4 Å². The van der Waals surface area contributed by atoms with Crippen LogP contribution in [0.2, 0.25) is 0 Å². The minimum absolute atomic E-state index is 0.178. The number of fused-ring (bicyclic) bond motifs is 1. The van der Waals surface area contributed by atoms with Gasteiger partial charge in [-0.05, 0) is 39.4 Å². The second-order valence-corrected chi connectivity index (χ2v) is 6.44. The predicted octanol–water partition coefficient (Wildman–Crippen LogP) is 2.21. The molecule has 21 heavy (non-hydrogen) atoms. The van der Waals surface area contributed by atoms with Gasteiger partial charge in [0, 0.05) is 18.7 Å². The van der Waals surface area contributed by atoms with Crippen LogP contribution in [0.1, 0.15) is 31.9 Å². The van der Waals surface area contributed by atoms with Crippen LogP contribution in [0.15, 0.2) is 24.3 Å². The summed E-state index contributed by atoms with van der Waals surface area (Å²) in [5.41, 5.74) is 1.11. The van der Waals surface area contributed by atoms with Crippen LogP contribution in [0.3, 0.4) is 0 Å². The lowest BCUT2D eigenvalue weighted by atomic mass is 9.94. The van der Waals surface area contributed by atoms with Crippen molar-refractivity contribution in [3.05, 3.63) is 29.8 Å². The predicted molar refractivity (Wildman–Crippen MR) is 83.8 cm³/mol. The summed E-state index contributed by atoms with van der Waals surface area (Å²) >= 11 is 0. The molecule has 1 atom stereocenters. The summed E-state index contributed by atoms with van der Waals surface area (Å²) in [4.78, 5) is 2.48. The van der Waals surface area contributed by atoms with Gasteiger partial charge in [0.2, 0.25) is 0 Å². The van der Waals surface area contributed by atoms with Crippen LogP contribution < -0.4 is 10.1 Å². The van der Waals surface area contributed by atoms with E-state index in [4.69, 9.17) is 9.47 Å². The molecular formula is C17H26N2O2. The van der Waals surface area contributed by atoms with Gasteiger partial charge in [0.1, 0.15) is 11.4 Å². The molecule has 0 aliphatic carbocycles. The van der Waals surface area contributed by atoms with Gasteiger partial charge < -0.3 is 14.8 Å². The molecule has 0 amide bonds. The average molecular weight is 290 g/mol. The number of ether oxygens (including phenoxy) is 2. The average Bonchev–Trinajstić information content (AvgIpc) is 2.75. The lowest BCUT2D eigenvalue weighted by Crippen LogP contribution is -2.41. The highest BCUT2D eigenvalue weighted by molar-refractivity contribution is 5.42. The SMILES string of the molecule is CC1(C)Oc2ccccc2C1NCCCN1CCOCC1. The number of hydrogen-bond acceptors (Lipinski definition) is 4. The van der Waals surface area contributed by atoms with Crippen LogP contribution in [0, 0.1) is 0 Å². The molecule has 1 saturated heterocycles. The second-order valence-electron chi connectivity index (χ2n) is 6.44. The standard InChI is InChI=1S/C17H26N2O2/c1-17(2)16(14-6-3-4-7-15(14)21-17)18-8-5-9-19-10-12-20-13-11-19/h3-4,6-7,16,18H,5,8-13H2,1-2H3. The fourth-order valence-corrected chi connectivity index (χ4v) is 3.26. The third-order valence-corrected chi connectivity index (χ3v) is 4.40. The van der Waals surface area contributed by atoms with Crippen LogP contribution >= 0.6 is 0 Å². The molecule has 0 saturated carbocycles. The number of benzene rings is 1. The molecular weight excluding hydrogens is 264 g/mol. The third-order valence-electron chi connectivity index (χ3n) is 4.40. The summed E-state index contributed by atoms with van der Waals surface area (Å²) < 4.78 is 11.4. The summed E-state index contributed by atoms with van der Waals surface area (Å²) in [6.45, 7) is 10.4. The van der Waals surface area contributed by atoms with Gasteiger partial charge in [0.05, 0.1) is 19.3 Å². The summed E-state index contributed by atoms with van der Waals surface area (Å²) in [5, 5.41) is 3.68. The van der Waals surface area contributed by atoms with E-state index >= 15 is 0 Å². The molecule has 1 unspecified atom stereocenters. The minimum Gasteiger partial charge on any atom is -0.486 e. The van der Waals surface area contributed by atoms with E-state index in [1.54, 1.807) is 0 Å². The molecule has 0 bridgehead atoms. The molecule has 1 aromatic carbocycles. The Morgan fingerprint density at radius 2 is 2.00 bits per heavy atom. The Bertz CT molecular complexity index is 470. The molecule has 2 aliphatic rings. The first-order valence-electron chi connectivity index (χ1n) is 7.98. The van der Waals surface area contributed by atoms with Crippen molar-refractivity contribution in [1.29, 1.82) is 0 Å². The molecule has 1 N–H and O–H groups in total. The Kier molecular flexibility index (Phi) is 4.48. The zero-order valence-electron chi connectivity index (χ0n) is 13.1. The Morgan fingerprint density at radius 1 is 1.24 bits per heavy atom. The van der Waals surface area contributed by atoms with E-state index in [-0.39, 0.29) is 11.6 Å². The van der Waals surface area contributed by atoms with E-state index < -0.39 is 0 Å². The monoisotopic (exact) mass is 290 g/mol. The Balaban J connectivity index is 1.50.